The maximum absolute atomic E-state index is 9.16. The molecule has 2 heterocycles. The van der Waals surface area contributed by atoms with E-state index in [9.17, 15) is 0 Å². The smallest absolute Gasteiger partial charge is 0.101 e. The Labute approximate surface area is 139 Å². The first-order valence-electron chi connectivity index (χ1n) is 6.31. The van der Waals surface area contributed by atoms with Crippen LogP contribution in [0.2, 0.25) is 0 Å². The molecule has 5 heteroatoms. The summed E-state index contributed by atoms with van der Waals surface area (Å²) >= 11 is 6.87. The van der Waals surface area contributed by atoms with Crippen molar-refractivity contribution in [2.45, 2.75) is 6.54 Å². The Morgan fingerprint density at radius 1 is 1.19 bits per heavy atom. The first-order valence-corrected chi connectivity index (χ1v) is 8.86. The van der Waals surface area contributed by atoms with Gasteiger partial charge in [0.1, 0.15) is 6.07 Å². The van der Waals surface area contributed by atoms with Crippen LogP contribution in [-0.2, 0) is 6.54 Å². The minimum absolute atomic E-state index is 0.652. The van der Waals surface area contributed by atoms with E-state index in [0.29, 0.717) is 5.56 Å². The average molecular weight is 375 g/mol. The zero-order valence-corrected chi connectivity index (χ0v) is 14.2. The van der Waals surface area contributed by atoms with Gasteiger partial charge in [0.25, 0.3) is 0 Å². The van der Waals surface area contributed by atoms with Gasteiger partial charge in [0, 0.05) is 26.3 Å². The van der Waals surface area contributed by atoms with E-state index in [-0.39, 0.29) is 0 Å². The second-order valence-electron chi connectivity index (χ2n) is 4.43. The number of hydrogen-bond acceptors (Lipinski definition) is 4. The van der Waals surface area contributed by atoms with Crippen LogP contribution in [0.4, 0.5) is 5.69 Å². The van der Waals surface area contributed by atoms with Crippen LogP contribution >= 0.6 is 38.6 Å². The Morgan fingerprint density at radius 2 is 2.10 bits per heavy atom. The second-order valence-corrected chi connectivity index (χ2v) is 7.29. The molecule has 0 bridgehead atoms. The van der Waals surface area contributed by atoms with Gasteiger partial charge in [0.2, 0.25) is 0 Å². The van der Waals surface area contributed by atoms with Gasteiger partial charge in [-0.15, -0.1) is 22.7 Å². The molecule has 21 heavy (non-hydrogen) atoms. The molecule has 0 saturated heterocycles. The maximum Gasteiger partial charge on any atom is 0.101 e. The fourth-order valence-corrected chi connectivity index (χ4v) is 3.97. The second kappa shape index (κ2) is 6.44. The van der Waals surface area contributed by atoms with Crippen molar-refractivity contribution in [1.82, 2.24) is 0 Å². The van der Waals surface area contributed by atoms with Crippen molar-refractivity contribution in [2.24, 2.45) is 0 Å². The molecule has 0 aliphatic heterocycles. The Bertz CT molecular complexity index is 785. The summed E-state index contributed by atoms with van der Waals surface area (Å²) in [5, 5.41) is 16.8. The van der Waals surface area contributed by atoms with E-state index < -0.39 is 0 Å². The number of halogens is 1. The summed E-state index contributed by atoms with van der Waals surface area (Å²) in [7, 11) is 0. The van der Waals surface area contributed by atoms with Crippen molar-refractivity contribution in [3.63, 3.8) is 0 Å². The van der Waals surface area contributed by atoms with Gasteiger partial charge < -0.3 is 5.32 Å². The Kier molecular flexibility index (Phi) is 4.39. The van der Waals surface area contributed by atoms with Gasteiger partial charge in [0.15, 0.2) is 0 Å². The molecule has 2 nitrogen and oxygen atoms in total. The highest BCUT2D eigenvalue weighted by molar-refractivity contribution is 9.10. The molecule has 0 radical (unpaired) electrons. The van der Waals surface area contributed by atoms with Crippen LogP contribution in [0.3, 0.4) is 0 Å². The van der Waals surface area contributed by atoms with Gasteiger partial charge in [-0.25, -0.2) is 0 Å². The van der Waals surface area contributed by atoms with Gasteiger partial charge in [-0.1, -0.05) is 22.0 Å². The molecule has 3 rings (SSSR count). The van der Waals surface area contributed by atoms with Crippen molar-refractivity contribution in [3.05, 3.63) is 62.1 Å². The largest absolute Gasteiger partial charge is 0.379 e. The minimum atomic E-state index is 0.652. The molecule has 1 N–H and O–H groups in total. The Hall–Kier alpha value is -1.61. The normalized spacial score (nSPS) is 10.3. The van der Waals surface area contributed by atoms with E-state index in [4.69, 9.17) is 5.26 Å². The zero-order chi connectivity index (χ0) is 14.7. The van der Waals surface area contributed by atoms with Crippen LogP contribution in [0.5, 0.6) is 0 Å². The number of nitrogens with zero attached hydrogens (tertiary/aromatic N) is 1. The summed E-state index contributed by atoms with van der Waals surface area (Å²) in [4.78, 5) is 2.55. The van der Waals surface area contributed by atoms with Gasteiger partial charge in [-0.3, -0.25) is 0 Å². The molecular formula is C16H11BrN2S2. The standard InChI is InChI=1S/C16H11BrN2S2/c17-13-3-4-15(11(6-13)8-18)19-9-14-7-12(10-21-14)16-2-1-5-20-16/h1-7,10,19H,9H2. The van der Waals surface area contributed by atoms with Crippen LogP contribution in [0, 0.1) is 11.3 Å². The number of nitriles is 1. The first-order chi connectivity index (χ1) is 10.3. The van der Waals surface area contributed by atoms with Gasteiger partial charge >= 0.3 is 0 Å². The monoisotopic (exact) mass is 374 g/mol. The molecule has 0 spiro atoms. The van der Waals surface area contributed by atoms with Crippen LogP contribution in [0.25, 0.3) is 10.4 Å². The number of hydrogen-bond donors (Lipinski definition) is 1. The van der Waals surface area contributed by atoms with Crippen LogP contribution in [0.15, 0.2) is 51.6 Å². The highest BCUT2D eigenvalue weighted by atomic mass is 79.9. The number of benzene rings is 1. The summed E-state index contributed by atoms with van der Waals surface area (Å²) in [5.74, 6) is 0. The number of anilines is 1. The van der Waals surface area contributed by atoms with E-state index in [0.717, 1.165) is 16.7 Å². The number of thiophene rings is 2. The van der Waals surface area contributed by atoms with E-state index in [1.165, 1.54) is 15.3 Å². The molecule has 0 saturated carbocycles. The third-order valence-electron chi connectivity index (χ3n) is 3.01. The molecule has 0 atom stereocenters. The molecule has 0 unspecified atom stereocenters. The van der Waals surface area contributed by atoms with Crippen molar-refractivity contribution >= 4 is 44.3 Å². The lowest BCUT2D eigenvalue weighted by atomic mass is 10.2. The van der Waals surface area contributed by atoms with Gasteiger partial charge in [-0.2, -0.15) is 5.26 Å². The average Bonchev–Trinajstić information content (AvgIpc) is 3.16. The van der Waals surface area contributed by atoms with Crippen LogP contribution in [-0.4, -0.2) is 0 Å². The molecule has 0 amide bonds. The third kappa shape index (κ3) is 3.35. The fraction of sp³-hybridized carbons (Fsp3) is 0.0625. The first kappa shape index (κ1) is 14.3. The van der Waals surface area contributed by atoms with Crippen LogP contribution in [0.1, 0.15) is 10.4 Å². The van der Waals surface area contributed by atoms with Crippen molar-refractivity contribution in [1.29, 1.82) is 5.26 Å². The van der Waals surface area contributed by atoms with E-state index in [1.54, 1.807) is 22.7 Å². The Balaban J connectivity index is 1.73. The number of rotatable bonds is 4. The number of nitrogens with one attached hydrogen (secondary N) is 1. The molecule has 0 aliphatic carbocycles. The predicted octanol–water partition coefficient (Wildman–Crippen LogP) is 5.72. The molecule has 1 aromatic carbocycles. The van der Waals surface area contributed by atoms with E-state index >= 15 is 0 Å². The fourth-order valence-electron chi connectivity index (χ4n) is 1.99. The van der Waals surface area contributed by atoms with Crippen molar-refractivity contribution < 1.29 is 0 Å². The van der Waals surface area contributed by atoms with Gasteiger partial charge in [-0.05, 0) is 41.1 Å². The molecule has 104 valence electrons. The lowest BCUT2D eigenvalue weighted by molar-refractivity contribution is 1.19. The van der Waals surface area contributed by atoms with E-state index in [2.05, 4.69) is 56.3 Å². The summed E-state index contributed by atoms with van der Waals surface area (Å²) in [6, 6.07) is 14.3. The molecular weight excluding hydrogens is 364 g/mol. The summed E-state index contributed by atoms with van der Waals surface area (Å²) in [5.41, 5.74) is 2.79. The van der Waals surface area contributed by atoms with Gasteiger partial charge in [0.05, 0.1) is 11.3 Å². The third-order valence-corrected chi connectivity index (χ3v) is 5.36. The highest BCUT2D eigenvalue weighted by Gasteiger charge is 2.06. The zero-order valence-electron chi connectivity index (χ0n) is 11.0. The maximum atomic E-state index is 9.16. The van der Waals surface area contributed by atoms with Crippen LogP contribution < -0.4 is 5.32 Å². The lowest BCUT2D eigenvalue weighted by Gasteiger charge is -2.07. The Morgan fingerprint density at radius 3 is 2.86 bits per heavy atom. The quantitative estimate of drug-likeness (QED) is 0.633. The molecule has 2 aromatic heterocycles. The molecule has 3 aromatic rings. The van der Waals surface area contributed by atoms with Crippen molar-refractivity contribution in [3.8, 4) is 16.5 Å². The van der Waals surface area contributed by atoms with E-state index in [1.807, 2.05) is 18.2 Å². The SMILES string of the molecule is N#Cc1cc(Br)ccc1NCc1cc(-c2cccs2)cs1. The topological polar surface area (TPSA) is 35.8 Å². The summed E-state index contributed by atoms with van der Waals surface area (Å²) in [6.45, 7) is 0.729. The van der Waals surface area contributed by atoms with Crippen molar-refractivity contribution in [2.75, 3.05) is 5.32 Å². The highest BCUT2D eigenvalue weighted by Crippen LogP contribution is 2.30. The molecule has 0 fully saturated rings. The minimum Gasteiger partial charge on any atom is -0.379 e. The summed E-state index contributed by atoms with van der Waals surface area (Å²) in [6.07, 6.45) is 0. The molecule has 0 aliphatic rings. The predicted molar refractivity (Wildman–Crippen MR) is 93.8 cm³/mol. The summed E-state index contributed by atoms with van der Waals surface area (Å²) < 4.78 is 0.917. The lowest BCUT2D eigenvalue weighted by Crippen LogP contribution is -1.99.